The van der Waals surface area contributed by atoms with Gasteiger partial charge >= 0.3 is 0 Å². The van der Waals surface area contributed by atoms with Crippen LogP contribution < -0.4 is 0 Å². The van der Waals surface area contributed by atoms with Crippen LogP contribution in [0.4, 0.5) is 0 Å². The maximum Gasteiger partial charge on any atom is 0.253 e. The summed E-state index contributed by atoms with van der Waals surface area (Å²) < 4.78 is 0. The van der Waals surface area contributed by atoms with Gasteiger partial charge in [0.25, 0.3) is 5.91 Å². The standard InChI is InChI=1S/C18H24N2O/c1-2-4-14-5-3-11-20(12-9-14)18(21)16-7-6-15-8-10-19-17(15)13-16/h6-8,10,13-14,19H,2-5,9,11-12H2,1H3. The van der Waals surface area contributed by atoms with Crippen molar-refractivity contribution in [2.24, 2.45) is 5.92 Å². The highest BCUT2D eigenvalue weighted by Crippen LogP contribution is 2.23. The van der Waals surface area contributed by atoms with E-state index < -0.39 is 0 Å². The van der Waals surface area contributed by atoms with Gasteiger partial charge in [0.1, 0.15) is 0 Å². The molecule has 1 aliphatic heterocycles. The molecule has 112 valence electrons. The molecule has 1 unspecified atom stereocenters. The van der Waals surface area contributed by atoms with E-state index in [0.29, 0.717) is 0 Å². The Morgan fingerprint density at radius 3 is 3.05 bits per heavy atom. The molecular formula is C18H24N2O. The minimum Gasteiger partial charge on any atom is -0.361 e. The predicted molar refractivity (Wildman–Crippen MR) is 86.5 cm³/mol. The number of hydrogen-bond acceptors (Lipinski definition) is 1. The third-order valence-corrected chi connectivity index (χ3v) is 4.63. The normalized spacial score (nSPS) is 19.7. The summed E-state index contributed by atoms with van der Waals surface area (Å²) in [5.74, 6) is 0.988. The number of nitrogens with one attached hydrogen (secondary N) is 1. The molecule has 3 heteroatoms. The predicted octanol–water partition coefficient (Wildman–Crippen LogP) is 4.21. The zero-order valence-corrected chi connectivity index (χ0v) is 12.8. The van der Waals surface area contributed by atoms with Gasteiger partial charge in [-0.25, -0.2) is 0 Å². The highest BCUT2D eigenvalue weighted by molar-refractivity contribution is 5.97. The largest absolute Gasteiger partial charge is 0.361 e. The lowest BCUT2D eigenvalue weighted by molar-refractivity contribution is 0.0760. The Labute approximate surface area is 126 Å². The van der Waals surface area contributed by atoms with Crippen molar-refractivity contribution in [3.05, 3.63) is 36.0 Å². The highest BCUT2D eigenvalue weighted by Gasteiger charge is 2.21. The van der Waals surface area contributed by atoms with E-state index >= 15 is 0 Å². The molecule has 1 atom stereocenters. The number of carbonyl (C=O) groups is 1. The van der Waals surface area contributed by atoms with Crippen LogP contribution in [0.1, 0.15) is 49.4 Å². The lowest BCUT2D eigenvalue weighted by Crippen LogP contribution is -2.32. The van der Waals surface area contributed by atoms with Crippen LogP contribution in [-0.2, 0) is 0 Å². The first kappa shape index (κ1) is 14.2. The average molecular weight is 284 g/mol. The summed E-state index contributed by atoms with van der Waals surface area (Å²) in [6.07, 6.45) is 8.04. The fourth-order valence-corrected chi connectivity index (χ4v) is 3.43. The number of H-pyrrole nitrogens is 1. The van der Waals surface area contributed by atoms with Gasteiger partial charge in [-0.2, -0.15) is 0 Å². The van der Waals surface area contributed by atoms with Crippen molar-refractivity contribution in [2.45, 2.75) is 39.0 Å². The van der Waals surface area contributed by atoms with Crippen LogP contribution in [0.15, 0.2) is 30.5 Å². The summed E-state index contributed by atoms with van der Waals surface area (Å²) in [7, 11) is 0. The Morgan fingerprint density at radius 1 is 1.29 bits per heavy atom. The SMILES string of the molecule is CCCC1CCCN(C(=O)c2ccc3cc[nH]c3c2)CC1. The number of likely N-dealkylation sites (tertiary alicyclic amines) is 1. The van der Waals surface area contributed by atoms with Gasteiger partial charge in [-0.05, 0) is 48.8 Å². The molecule has 1 aliphatic rings. The summed E-state index contributed by atoms with van der Waals surface area (Å²) in [6.45, 7) is 4.06. The number of fused-ring (bicyclic) bond motifs is 1. The molecule has 2 heterocycles. The molecule has 0 aliphatic carbocycles. The van der Waals surface area contributed by atoms with Crippen LogP contribution in [0.3, 0.4) is 0 Å². The van der Waals surface area contributed by atoms with E-state index in [1.807, 2.05) is 35.4 Å². The van der Waals surface area contributed by atoms with E-state index in [4.69, 9.17) is 0 Å². The molecule has 1 aromatic carbocycles. The number of carbonyl (C=O) groups excluding carboxylic acids is 1. The third kappa shape index (κ3) is 3.12. The van der Waals surface area contributed by atoms with E-state index in [-0.39, 0.29) is 5.91 Å². The van der Waals surface area contributed by atoms with Crippen molar-refractivity contribution < 1.29 is 4.79 Å². The minimum atomic E-state index is 0.184. The second-order valence-electron chi connectivity index (χ2n) is 6.16. The number of benzene rings is 1. The van der Waals surface area contributed by atoms with Gasteiger partial charge in [-0.15, -0.1) is 0 Å². The molecule has 0 saturated carbocycles. The van der Waals surface area contributed by atoms with Crippen molar-refractivity contribution in [3.63, 3.8) is 0 Å². The first-order chi connectivity index (χ1) is 10.3. The second-order valence-corrected chi connectivity index (χ2v) is 6.16. The summed E-state index contributed by atoms with van der Waals surface area (Å²) in [6, 6.07) is 7.99. The Bertz CT molecular complexity index is 616. The summed E-state index contributed by atoms with van der Waals surface area (Å²) in [4.78, 5) is 17.9. The van der Waals surface area contributed by atoms with Gasteiger partial charge in [0.2, 0.25) is 0 Å². The molecule has 1 N–H and O–H groups in total. The number of rotatable bonds is 3. The molecule has 3 nitrogen and oxygen atoms in total. The maximum atomic E-state index is 12.7. The Balaban J connectivity index is 1.72. The molecule has 0 bridgehead atoms. The van der Waals surface area contributed by atoms with E-state index in [0.717, 1.165) is 48.3 Å². The molecule has 2 aromatic rings. The van der Waals surface area contributed by atoms with E-state index in [2.05, 4.69) is 11.9 Å². The highest BCUT2D eigenvalue weighted by atomic mass is 16.2. The maximum absolute atomic E-state index is 12.7. The number of aromatic amines is 1. The van der Waals surface area contributed by atoms with E-state index in [1.165, 1.54) is 19.3 Å². The second kappa shape index (κ2) is 6.33. The summed E-state index contributed by atoms with van der Waals surface area (Å²) in [5, 5.41) is 1.16. The molecule has 0 spiro atoms. The third-order valence-electron chi connectivity index (χ3n) is 4.63. The zero-order valence-electron chi connectivity index (χ0n) is 12.8. The van der Waals surface area contributed by atoms with Gasteiger partial charge in [0.15, 0.2) is 0 Å². The minimum absolute atomic E-state index is 0.184. The smallest absolute Gasteiger partial charge is 0.253 e. The fraction of sp³-hybridized carbons (Fsp3) is 0.500. The quantitative estimate of drug-likeness (QED) is 0.900. The van der Waals surface area contributed by atoms with Crippen molar-refractivity contribution in [1.82, 2.24) is 9.88 Å². The van der Waals surface area contributed by atoms with Crippen molar-refractivity contribution >= 4 is 16.8 Å². The molecule has 1 saturated heterocycles. The van der Waals surface area contributed by atoms with Gasteiger partial charge in [0.05, 0.1) is 0 Å². The Kier molecular flexibility index (Phi) is 4.28. The van der Waals surface area contributed by atoms with Gasteiger partial charge in [0, 0.05) is 30.4 Å². The number of hydrogen-bond donors (Lipinski definition) is 1. The van der Waals surface area contributed by atoms with Crippen LogP contribution in [0.2, 0.25) is 0 Å². The van der Waals surface area contributed by atoms with Crippen molar-refractivity contribution in [3.8, 4) is 0 Å². The van der Waals surface area contributed by atoms with Crippen LogP contribution in [0.5, 0.6) is 0 Å². The number of amides is 1. The lowest BCUT2D eigenvalue weighted by Gasteiger charge is -2.20. The van der Waals surface area contributed by atoms with Crippen LogP contribution in [-0.4, -0.2) is 28.9 Å². The molecule has 1 fully saturated rings. The molecule has 1 aromatic heterocycles. The molecule has 3 rings (SSSR count). The first-order valence-electron chi connectivity index (χ1n) is 8.14. The summed E-state index contributed by atoms with van der Waals surface area (Å²) >= 11 is 0. The van der Waals surface area contributed by atoms with E-state index in [9.17, 15) is 4.79 Å². The van der Waals surface area contributed by atoms with Gasteiger partial charge in [-0.1, -0.05) is 25.8 Å². The van der Waals surface area contributed by atoms with Gasteiger partial charge < -0.3 is 9.88 Å². The van der Waals surface area contributed by atoms with Crippen molar-refractivity contribution in [2.75, 3.05) is 13.1 Å². The van der Waals surface area contributed by atoms with Crippen molar-refractivity contribution in [1.29, 1.82) is 0 Å². The number of aromatic nitrogens is 1. The van der Waals surface area contributed by atoms with Gasteiger partial charge in [-0.3, -0.25) is 4.79 Å². The number of nitrogens with zero attached hydrogens (tertiary/aromatic N) is 1. The van der Waals surface area contributed by atoms with Crippen LogP contribution in [0.25, 0.3) is 10.9 Å². The molecule has 1 amide bonds. The summed E-state index contributed by atoms with van der Waals surface area (Å²) in [5.41, 5.74) is 1.85. The fourth-order valence-electron chi connectivity index (χ4n) is 3.43. The van der Waals surface area contributed by atoms with Crippen LogP contribution in [0, 0.1) is 5.92 Å². The lowest BCUT2D eigenvalue weighted by atomic mass is 9.96. The Hall–Kier alpha value is -1.77. The van der Waals surface area contributed by atoms with Crippen LogP contribution >= 0.6 is 0 Å². The topological polar surface area (TPSA) is 36.1 Å². The molecular weight excluding hydrogens is 260 g/mol. The molecule has 21 heavy (non-hydrogen) atoms. The first-order valence-corrected chi connectivity index (χ1v) is 8.14. The molecule has 0 radical (unpaired) electrons. The van der Waals surface area contributed by atoms with E-state index in [1.54, 1.807) is 0 Å². The Morgan fingerprint density at radius 2 is 2.19 bits per heavy atom. The zero-order chi connectivity index (χ0) is 14.7. The monoisotopic (exact) mass is 284 g/mol. The average Bonchev–Trinajstić information content (AvgIpc) is 2.85.